The molecule has 0 aliphatic carbocycles. The summed E-state index contributed by atoms with van der Waals surface area (Å²) >= 11 is 0. The first-order chi connectivity index (χ1) is 11.0. The van der Waals surface area contributed by atoms with Crippen LogP contribution in [-0.2, 0) is 4.79 Å². The SMILES string of the molecule is CC(C)C(=O)NC(c1ccccc1)C(C)C(=O)c1ccccc1. The van der Waals surface area contributed by atoms with Crippen LogP contribution in [0.1, 0.15) is 42.7 Å². The van der Waals surface area contributed by atoms with Crippen LogP contribution in [-0.4, -0.2) is 11.7 Å². The van der Waals surface area contributed by atoms with Crippen molar-refractivity contribution in [1.82, 2.24) is 5.32 Å². The zero-order valence-corrected chi connectivity index (χ0v) is 13.8. The number of carbonyl (C=O) groups is 2. The average Bonchev–Trinajstić information content (AvgIpc) is 2.59. The van der Waals surface area contributed by atoms with Gasteiger partial charge in [-0.3, -0.25) is 9.59 Å². The van der Waals surface area contributed by atoms with Gasteiger partial charge in [0.25, 0.3) is 0 Å². The second kappa shape index (κ2) is 7.73. The molecule has 0 aliphatic rings. The van der Waals surface area contributed by atoms with Gasteiger partial charge in [0, 0.05) is 17.4 Å². The number of rotatable bonds is 6. The van der Waals surface area contributed by atoms with Gasteiger partial charge in [0.15, 0.2) is 5.78 Å². The van der Waals surface area contributed by atoms with Crippen LogP contribution in [0, 0.1) is 11.8 Å². The molecule has 0 saturated carbocycles. The minimum absolute atomic E-state index is 0.0310. The molecule has 0 fully saturated rings. The van der Waals surface area contributed by atoms with Crippen molar-refractivity contribution in [1.29, 1.82) is 0 Å². The van der Waals surface area contributed by atoms with Gasteiger partial charge >= 0.3 is 0 Å². The van der Waals surface area contributed by atoms with Crippen LogP contribution in [0.4, 0.5) is 0 Å². The van der Waals surface area contributed by atoms with Crippen molar-refractivity contribution < 1.29 is 9.59 Å². The summed E-state index contributed by atoms with van der Waals surface area (Å²) in [5, 5.41) is 3.02. The highest BCUT2D eigenvalue weighted by molar-refractivity contribution is 5.98. The summed E-state index contributed by atoms with van der Waals surface area (Å²) in [6.45, 7) is 5.57. The molecule has 0 spiro atoms. The van der Waals surface area contributed by atoms with E-state index in [0.717, 1.165) is 5.56 Å². The maximum atomic E-state index is 12.8. The Kier molecular flexibility index (Phi) is 5.69. The quantitative estimate of drug-likeness (QED) is 0.819. The van der Waals surface area contributed by atoms with Crippen molar-refractivity contribution >= 4 is 11.7 Å². The zero-order chi connectivity index (χ0) is 16.8. The molecule has 2 aromatic carbocycles. The average molecular weight is 309 g/mol. The predicted molar refractivity (Wildman–Crippen MR) is 92.1 cm³/mol. The normalized spacial score (nSPS) is 13.4. The molecule has 3 heteroatoms. The summed E-state index contributed by atoms with van der Waals surface area (Å²) in [4.78, 5) is 24.9. The lowest BCUT2D eigenvalue weighted by molar-refractivity contribution is -0.125. The van der Waals surface area contributed by atoms with Crippen LogP contribution in [0.5, 0.6) is 0 Å². The van der Waals surface area contributed by atoms with Gasteiger partial charge in [0.05, 0.1) is 6.04 Å². The molecule has 1 N–H and O–H groups in total. The number of benzene rings is 2. The van der Waals surface area contributed by atoms with Crippen molar-refractivity contribution in [2.45, 2.75) is 26.8 Å². The second-order valence-corrected chi connectivity index (χ2v) is 6.07. The molecule has 120 valence electrons. The molecule has 2 unspecified atom stereocenters. The maximum absolute atomic E-state index is 12.8. The van der Waals surface area contributed by atoms with E-state index in [1.54, 1.807) is 0 Å². The molecule has 1 amide bonds. The molecule has 0 aromatic heterocycles. The third-order valence-electron chi connectivity index (χ3n) is 3.95. The summed E-state index contributed by atoms with van der Waals surface area (Å²) in [5.41, 5.74) is 1.61. The molecule has 2 aromatic rings. The number of carbonyl (C=O) groups excluding carboxylic acids is 2. The zero-order valence-electron chi connectivity index (χ0n) is 13.8. The van der Waals surface area contributed by atoms with E-state index in [1.165, 1.54) is 0 Å². The first-order valence-electron chi connectivity index (χ1n) is 7.95. The standard InChI is InChI=1S/C20H23NO2/c1-14(2)20(23)21-18(16-10-6-4-7-11-16)15(3)19(22)17-12-8-5-9-13-17/h4-15,18H,1-3H3,(H,21,23). The Morgan fingerprint density at radius 1 is 0.826 bits per heavy atom. The smallest absolute Gasteiger partial charge is 0.223 e. The van der Waals surface area contributed by atoms with Crippen molar-refractivity contribution in [2.24, 2.45) is 11.8 Å². The largest absolute Gasteiger partial charge is 0.348 e. The van der Waals surface area contributed by atoms with E-state index < -0.39 is 0 Å². The number of Topliss-reactive ketones (excluding diaryl/α,β-unsaturated/α-hetero) is 1. The van der Waals surface area contributed by atoms with E-state index in [9.17, 15) is 9.59 Å². The van der Waals surface area contributed by atoms with E-state index in [0.29, 0.717) is 5.56 Å². The molecular formula is C20H23NO2. The molecule has 3 nitrogen and oxygen atoms in total. The first-order valence-corrected chi connectivity index (χ1v) is 7.95. The number of ketones is 1. The molecular weight excluding hydrogens is 286 g/mol. The fourth-order valence-corrected chi connectivity index (χ4v) is 2.49. The van der Waals surface area contributed by atoms with E-state index >= 15 is 0 Å². The van der Waals surface area contributed by atoms with Gasteiger partial charge in [-0.2, -0.15) is 0 Å². The number of nitrogens with one attached hydrogen (secondary N) is 1. The highest BCUT2D eigenvalue weighted by Gasteiger charge is 2.28. The highest BCUT2D eigenvalue weighted by Crippen LogP contribution is 2.25. The first kappa shape index (κ1) is 16.9. The molecule has 0 heterocycles. The van der Waals surface area contributed by atoms with Gasteiger partial charge < -0.3 is 5.32 Å². The Morgan fingerprint density at radius 3 is 1.87 bits per heavy atom. The van der Waals surface area contributed by atoms with Crippen molar-refractivity contribution in [3.05, 3.63) is 71.8 Å². The van der Waals surface area contributed by atoms with Gasteiger partial charge in [-0.05, 0) is 5.56 Å². The minimum atomic E-state index is -0.345. The molecule has 2 atom stereocenters. The molecule has 0 bridgehead atoms. The third kappa shape index (κ3) is 4.28. The van der Waals surface area contributed by atoms with Crippen LogP contribution in [0.3, 0.4) is 0 Å². The van der Waals surface area contributed by atoms with Crippen molar-refractivity contribution in [2.75, 3.05) is 0 Å². The van der Waals surface area contributed by atoms with Gasteiger partial charge in [-0.1, -0.05) is 81.4 Å². The fraction of sp³-hybridized carbons (Fsp3) is 0.300. The Balaban J connectivity index is 2.29. The van der Waals surface area contributed by atoms with Crippen LogP contribution in [0.15, 0.2) is 60.7 Å². The highest BCUT2D eigenvalue weighted by atomic mass is 16.2. The van der Waals surface area contributed by atoms with E-state index in [-0.39, 0.29) is 29.6 Å². The van der Waals surface area contributed by atoms with Crippen LogP contribution >= 0.6 is 0 Å². The Bertz CT molecular complexity index is 650. The summed E-state index contributed by atoms with van der Waals surface area (Å²) < 4.78 is 0. The van der Waals surface area contributed by atoms with Gasteiger partial charge in [0.1, 0.15) is 0 Å². The van der Waals surface area contributed by atoms with E-state index in [2.05, 4.69) is 5.32 Å². The van der Waals surface area contributed by atoms with Crippen molar-refractivity contribution in [3.8, 4) is 0 Å². The van der Waals surface area contributed by atoms with E-state index in [1.807, 2.05) is 81.4 Å². The van der Waals surface area contributed by atoms with Crippen LogP contribution < -0.4 is 5.32 Å². The number of hydrogen-bond donors (Lipinski definition) is 1. The topological polar surface area (TPSA) is 46.2 Å². The van der Waals surface area contributed by atoms with E-state index in [4.69, 9.17) is 0 Å². The lowest BCUT2D eigenvalue weighted by atomic mass is 9.87. The lowest BCUT2D eigenvalue weighted by Crippen LogP contribution is -2.37. The van der Waals surface area contributed by atoms with Crippen molar-refractivity contribution in [3.63, 3.8) is 0 Å². The summed E-state index contributed by atoms with van der Waals surface area (Å²) in [6.07, 6.45) is 0. The Morgan fingerprint density at radius 2 is 1.35 bits per heavy atom. The van der Waals surface area contributed by atoms with Crippen LogP contribution in [0.2, 0.25) is 0 Å². The maximum Gasteiger partial charge on any atom is 0.223 e. The summed E-state index contributed by atoms with van der Waals surface area (Å²) in [5.74, 6) is -0.488. The molecule has 0 radical (unpaired) electrons. The molecule has 23 heavy (non-hydrogen) atoms. The predicted octanol–water partition coefficient (Wildman–Crippen LogP) is 4.02. The van der Waals surface area contributed by atoms with Crippen LogP contribution in [0.25, 0.3) is 0 Å². The second-order valence-electron chi connectivity index (χ2n) is 6.07. The third-order valence-corrected chi connectivity index (χ3v) is 3.95. The molecule has 2 rings (SSSR count). The molecule has 0 saturated heterocycles. The molecule has 0 aliphatic heterocycles. The minimum Gasteiger partial charge on any atom is -0.348 e. The monoisotopic (exact) mass is 309 g/mol. The summed E-state index contributed by atoms with van der Waals surface area (Å²) in [7, 11) is 0. The lowest BCUT2D eigenvalue weighted by Gasteiger charge is -2.26. The van der Waals surface area contributed by atoms with Gasteiger partial charge in [0.2, 0.25) is 5.91 Å². The Hall–Kier alpha value is -2.42. The number of hydrogen-bond acceptors (Lipinski definition) is 2. The fourth-order valence-electron chi connectivity index (χ4n) is 2.49. The number of amides is 1. The summed E-state index contributed by atoms with van der Waals surface area (Å²) in [6, 6.07) is 18.5. The Labute approximate surface area is 137 Å². The van der Waals surface area contributed by atoms with Gasteiger partial charge in [-0.15, -0.1) is 0 Å². The van der Waals surface area contributed by atoms with Gasteiger partial charge in [-0.25, -0.2) is 0 Å².